The first-order valence-corrected chi connectivity index (χ1v) is 11.6. The van der Waals surface area contributed by atoms with Crippen molar-refractivity contribution in [1.82, 2.24) is 4.90 Å². The van der Waals surface area contributed by atoms with Gasteiger partial charge in [-0.25, -0.2) is 13.2 Å². The van der Waals surface area contributed by atoms with Crippen LogP contribution in [0.4, 0.5) is 0 Å². The maximum atomic E-state index is 13.0. The fourth-order valence-electron chi connectivity index (χ4n) is 6.14. The van der Waals surface area contributed by atoms with Crippen LogP contribution in [0.1, 0.15) is 38.5 Å². The summed E-state index contributed by atoms with van der Waals surface area (Å²) in [4.78, 5) is 27.0. The summed E-state index contributed by atoms with van der Waals surface area (Å²) in [6.07, 6.45) is 11.2. The van der Waals surface area contributed by atoms with E-state index in [1.807, 2.05) is 0 Å². The van der Waals surface area contributed by atoms with Crippen LogP contribution in [0.3, 0.4) is 0 Å². The van der Waals surface area contributed by atoms with Gasteiger partial charge in [-0.15, -0.1) is 4.40 Å². The zero-order valence-electron chi connectivity index (χ0n) is 15.7. The Hall–Kier alpha value is -1.96. The van der Waals surface area contributed by atoms with Gasteiger partial charge in [-0.05, 0) is 68.4 Å². The van der Waals surface area contributed by atoms with E-state index in [1.165, 1.54) is 31.4 Å². The molecule has 7 nitrogen and oxygen atoms in total. The van der Waals surface area contributed by atoms with Crippen LogP contribution < -0.4 is 0 Å². The molecule has 6 rings (SSSR count). The predicted octanol–water partition coefficient (Wildman–Crippen LogP) is 1.81. The lowest BCUT2D eigenvalue weighted by Gasteiger charge is -2.55. The minimum atomic E-state index is -3.43. The number of ether oxygens (including phenoxy) is 1. The van der Waals surface area contributed by atoms with E-state index in [9.17, 15) is 18.0 Å². The summed E-state index contributed by atoms with van der Waals surface area (Å²) in [5, 5.41) is 0. The molecule has 0 spiro atoms. The van der Waals surface area contributed by atoms with Gasteiger partial charge < -0.3 is 9.64 Å². The van der Waals surface area contributed by atoms with E-state index in [0.717, 1.165) is 19.3 Å². The summed E-state index contributed by atoms with van der Waals surface area (Å²) in [7, 11) is -3.43. The molecule has 0 unspecified atom stereocenters. The van der Waals surface area contributed by atoms with Gasteiger partial charge in [0, 0.05) is 18.2 Å². The summed E-state index contributed by atoms with van der Waals surface area (Å²) >= 11 is 0. The number of amidine groups is 1. The monoisotopic (exact) mass is 404 g/mol. The Labute approximate surface area is 164 Å². The highest BCUT2D eigenvalue weighted by Gasteiger charge is 2.54. The third-order valence-corrected chi connectivity index (χ3v) is 8.19. The summed E-state index contributed by atoms with van der Waals surface area (Å²) in [5.74, 6) is 1.74. The van der Waals surface area contributed by atoms with Crippen LogP contribution in [0.5, 0.6) is 0 Å². The Morgan fingerprint density at radius 3 is 2.39 bits per heavy atom. The van der Waals surface area contributed by atoms with Crippen molar-refractivity contribution >= 4 is 27.6 Å². The molecule has 4 saturated carbocycles. The molecule has 8 heteroatoms. The van der Waals surface area contributed by atoms with E-state index in [0.29, 0.717) is 29.2 Å². The van der Waals surface area contributed by atoms with Gasteiger partial charge in [0.25, 0.3) is 10.0 Å². The highest BCUT2D eigenvalue weighted by molar-refractivity contribution is 7.90. The fourth-order valence-corrected chi connectivity index (χ4v) is 7.11. The predicted molar refractivity (Wildman–Crippen MR) is 102 cm³/mol. The minimum Gasteiger partial charge on any atom is -0.454 e. The van der Waals surface area contributed by atoms with Gasteiger partial charge in [0.2, 0.25) is 0 Å². The van der Waals surface area contributed by atoms with Crippen LogP contribution in [-0.4, -0.2) is 49.8 Å². The first kappa shape index (κ1) is 18.1. The largest absolute Gasteiger partial charge is 0.454 e. The first-order chi connectivity index (χ1) is 13.3. The normalized spacial score (nSPS) is 37.1. The zero-order valence-corrected chi connectivity index (χ0v) is 16.5. The molecule has 0 radical (unpaired) electrons. The van der Waals surface area contributed by atoms with Crippen molar-refractivity contribution < 1.29 is 22.7 Å². The topological polar surface area (TPSA) is 93.1 Å². The van der Waals surface area contributed by atoms with Gasteiger partial charge >= 0.3 is 5.97 Å². The highest BCUT2D eigenvalue weighted by Crippen LogP contribution is 2.60. The van der Waals surface area contributed by atoms with E-state index in [4.69, 9.17) is 4.74 Å². The highest BCUT2D eigenvalue weighted by atomic mass is 32.2. The summed E-state index contributed by atoms with van der Waals surface area (Å²) in [6.45, 7) is 0.0694. The lowest BCUT2D eigenvalue weighted by molar-refractivity contribution is -0.155. The summed E-state index contributed by atoms with van der Waals surface area (Å²) in [5.41, 5.74) is 0.0314. The molecule has 6 aliphatic rings. The molecule has 4 bridgehead atoms. The van der Waals surface area contributed by atoms with E-state index >= 15 is 0 Å². The number of Topliss-reactive ketones (excluding diaryl/α,β-unsaturated/α-hetero) is 1. The fraction of sp³-hybridized carbons (Fsp3) is 0.650. The molecule has 0 aromatic heterocycles. The van der Waals surface area contributed by atoms with Crippen molar-refractivity contribution in [1.29, 1.82) is 0 Å². The van der Waals surface area contributed by atoms with Crippen molar-refractivity contribution in [2.45, 2.75) is 38.5 Å². The molecule has 4 fully saturated rings. The summed E-state index contributed by atoms with van der Waals surface area (Å²) in [6, 6.07) is 0. The molecule has 0 atom stereocenters. The molecule has 0 N–H and O–H groups in total. The van der Waals surface area contributed by atoms with E-state index in [2.05, 4.69) is 4.40 Å². The van der Waals surface area contributed by atoms with Gasteiger partial charge in [0.15, 0.2) is 12.4 Å². The molecule has 0 aromatic rings. The van der Waals surface area contributed by atoms with Crippen molar-refractivity contribution in [2.75, 3.05) is 18.9 Å². The molecule has 28 heavy (non-hydrogen) atoms. The van der Waals surface area contributed by atoms with Crippen molar-refractivity contribution in [3.63, 3.8) is 0 Å². The van der Waals surface area contributed by atoms with Gasteiger partial charge in [-0.1, -0.05) is 0 Å². The number of nitrogens with zero attached hydrogens (tertiary/aromatic N) is 2. The maximum absolute atomic E-state index is 13.0. The number of carbonyl (C=O) groups excluding carboxylic acids is 2. The number of ketones is 1. The molecule has 0 amide bonds. The van der Waals surface area contributed by atoms with Gasteiger partial charge in [-0.2, -0.15) is 0 Å². The standard InChI is InChI=1S/C20H24N2O5S/c23-17(20-8-13-5-14(9-20)7-15(6-13)10-20)12-27-19(24)16-1-2-18-21-28(25,26)4-3-22(18)11-16/h1-2,11,13-15H,3-10,12H2. The second-order valence-electron chi connectivity index (χ2n) is 9.04. The molecule has 0 aromatic carbocycles. The SMILES string of the molecule is O=C(OCC(=O)C12CC3CC(CC(C3)C1)C2)C1=CN2CCS(=O)(=O)N=C2C=C1. The molecule has 4 aliphatic carbocycles. The average Bonchev–Trinajstić information content (AvgIpc) is 2.63. The van der Waals surface area contributed by atoms with Crippen LogP contribution in [0, 0.1) is 23.2 Å². The maximum Gasteiger partial charge on any atom is 0.340 e. The Balaban J connectivity index is 1.23. The number of esters is 1. The first-order valence-electron chi connectivity index (χ1n) is 10.0. The number of hydrogen-bond acceptors (Lipinski definition) is 6. The number of sulfonamides is 1. The number of rotatable bonds is 4. The van der Waals surface area contributed by atoms with Gasteiger partial charge in [-0.3, -0.25) is 4.79 Å². The third-order valence-electron chi connectivity index (χ3n) is 7.02. The number of hydrogen-bond donors (Lipinski definition) is 0. The van der Waals surface area contributed by atoms with Crippen LogP contribution in [0.25, 0.3) is 0 Å². The Kier molecular flexibility index (Phi) is 4.05. The Morgan fingerprint density at radius 2 is 1.75 bits per heavy atom. The van der Waals surface area contributed by atoms with Crippen molar-refractivity contribution in [3.05, 3.63) is 23.9 Å². The van der Waals surface area contributed by atoms with Crippen LogP contribution in [0.15, 0.2) is 28.3 Å². The second-order valence-corrected chi connectivity index (χ2v) is 10.8. The van der Waals surface area contributed by atoms with Gasteiger partial charge in [0.05, 0.1) is 11.3 Å². The molecular weight excluding hydrogens is 380 g/mol. The lowest BCUT2D eigenvalue weighted by Crippen LogP contribution is -2.51. The third kappa shape index (κ3) is 3.11. The van der Waals surface area contributed by atoms with E-state index < -0.39 is 16.0 Å². The minimum absolute atomic E-state index is 0.0756. The van der Waals surface area contributed by atoms with Crippen LogP contribution in [0.2, 0.25) is 0 Å². The van der Waals surface area contributed by atoms with Crippen LogP contribution >= 0.6 is 0 Å². The molecule has 0 saturated heterocycles. The quantitative estimate of drug-likeness (QED) is 0.664. The van der Waals surface area contributed by atoms with Crippen molar-refractivity contribution in [3.8, 4) is 0 Å². The van der Waals surface area contributed by atoms with Crippen molar-refractivity contribution in [2.24, 2.45) is 27.6 Å². The van der Waals surface area contributed by atoms with Gasteiger partial charge in [0.1, 0.15) is 5.84 Å². The zero-order chi connectivity index (χ0) is 19.5. The summed E-state index contributed by atoms with van der Waals surface area (Å²) < 4.78 is 32.2. The van der Waals surface area contributed by atoms with Crippen LogP contribution in [-0.2, 0) is 24.3 Å². The molecule has 2 heterocycles. The van der Waals surface area contributed by atoms with E-state index in [-0.39, 0.29) is 30.1 Å². The average molecular weight is 404 g/mol. The molecule has 150 valence electrons. The smallest absolute Gasteiger partial charge is 0.340 e. The molecular formula is C20H24N2O5S. The van der Waals surface area contributed by atoms with E-state index in [1.54, 1.807) is 11.1 Å². The molecule has 2 aliphatic heterocycles. The number of carbonyl (C=O) groups is 2. The Morgan fingerprint density at radius 1 is 1.11 bits per heavy atom. The second kappa shape index (κ2) is 6.27. The lowest BCUT2D eigenvalue weighted by atomic mass is 9.48. The number of fused-ring (bicyclic) bond motifs is 1. The Bertz CT molecular complexity index is 895.